The van der Waals surface area contributed by atoms with E-state index < -0.39 is 10.7 Å². The average molecular weight is 327 g/mol. The highest BCUT2D eigenvalue weighted by Crippen LogP contribution is 2.30. The summed E-state index contributed by atoms with van der Waals surface area (Å²) in [7, 11) is 0. The van der Waals surface area contributed by atoms with Crippen molar-refractivity contribution in [2.75, 3.05) is 0 Å². The SMILES string of the molecule is Cc1nc(Oc2ccc(F)cc2Br)ccc1[N+](=O)[O-]. The first-order valence-corrected chi connectivity index (χ1v) is 6.01. The van der Waals surface area contributed by atoms with Crippen molar-refractivity contribution in [1.82, 2.24) is 4.98 Å². The van der Waals surface area contributed by atoms with Gasteiger partial charge in [0.1, 0.15) is 17.3 Å². The summed E-state index contributed by atoms with van der Waals surface area (Å²) in [6.07, 6.45) is 0. The van der Waals surface area contributed by atoms with E-state index >= 15 is 0 Å². The lowest BCUT2D eigenvalue weighted by Gasteiger charge is -2.07. The number of rotatable bonds is 3. The largest absolute Gasteiger partial charge is 0.438 e. The summed E-state index contributed by atoms with van der Waals surface area (Å²) >= 11 is 3.16. The maximum Gasteiger partial charge on any atom is 0.290 e. The van der Waals surface area contributed by atoms with Crippen LogP contribution >= 0.6 is 15.9 Å². The third kappa shape index (κ3) is 3.05. The van der Waals surface area contributed by atoms with E-state index in [0.717, 1.165) is 0 Å². The Kier molecular flexibility index (Phi) is 3.75. The van der Waals surface area contributed by atoms with Crippen LogP contribution in [0.2, 0.25) is 0 Å². The normalized spacial score (nSPS) is 10.3. The molecule has 7 heteroatoms. The van der Waals surface area contributed by atoms with Crippen LogP contribution in [0.1, 0.15) is 5.69 Å². The molecule has 0 bridgehead atoms. The smallest absolute Gasteiger partial charge is 0.290 e. The Morgan fingerprint density at radius 1 is 1.37 bits per heavy atom. The van der Waals surface area contributed by atoms with Gasteiger partial charge in [-0.05, 0) is 41.1 Å². The molecule has 2 aromatic rings. The van der Waals surface area contributed by atoms with Crippen LogP contribution in [0, 0.1) is 22.9 Å². The van der Waals surface area contributed by atoms with Crippen molar-refractivity contribution >= 4 is 21.6 Å². The Morgan fingerprint density at radius 3 is 2.68 bits per heavy atom. The summed E-state index contributed by atoms with van der Waals surface area (Å²) in [6, 6.07) is 6.65. The maximum atomic E-state index is 12.9. The molecule has 0 spiro atoms. The van der Waals surface area contributed by atoms with E-state index in [9.17, 15) is 14.5 Å². The van der Waals surface area contributed by atoms with Gasteiger partial charge in [-0.3, -0.25) is 10.1 Å². The van der Waals surface area contributed by atoms with Crippen molar-refractivity contribution in [3.63, 3.8) is 0 Å². The van der Waals surface area contributed by atoms with Crippen LogP contribution < -0.4 is 4.74 Å². The Bertz CT molecular complexity index is 649. The van der Waals surface area contributed by atoms with E-state index in [1.165, 1.54) is 37.3 Å². The zero-order chi connectivity index (χ0) is 14.0. The highest BCUT2D eigenvalue weighted by molar-refractivity contribution is 9.10. The number of aryl methyl sites for hydroxylation is 1. The molecular formula is C12H8BrFN2O3. The van der Waals surface area contributed by atoms with Gasteiger partial charge < -0.3 is 4.74 Å². The minimum atomic E-state index is -0.514. The molecule has 0 N–H and O–H groups in total. The van der Waals surface area contributed by atoms with Crippen molar-refractivity contribution in [3.05, 3.63) is 56.4 Å². The lowest BCUT2D eigenvalue weighted by Crippen LogP contribution is -1.96. The van der Waals surface area contributed by atoms with Crippen LogP contribution in [0.5, 0.6) is 11.6 Å². The maximum absolute atomic E-state index is 12.9. The van der Waals surface area contributed by atoms with Gasteiger partial charge >= 0.3 is 0 Å². The monoisotopic (exact) mass is 326 g/mol. The minimum absolute atomic E-state index is 0.0782. The molecule has 0 aliphatic heterocycles. The zero-order valence-corrected chi connectivity index (χ0v) is 11.3. The summed E-state index contributed by atoms with van der Waals surface area (Å²) in [5.74, 6) is 0.185. The predicted molar refractivity (Wildman–Crippen MR) is 69.8 cm³/mol. The molecule has 2 rings (SSSR count). The molecule has 98 valence electrons. The van der Waals surface area contributed by atoms with E-state index in [1.54, 1.807) is 0 Å². The van der Waals surface area contributed by atoms with Crippen LogP contribution in [0.3, 0.4) is 0 Å². The molecule has 0 saturated carbocycles. The minimum Gasteiger partial charge on any atom is -0.438 e. The Balaban J connectivity index is 2.29. The number of pyridine rings is 1. The van der Waals surface area contributed by atoms with Gasteiger partial charge in [0.2, 0.25) is 5.88 Å². The third-order valence-electron chi connectivity index (χ3n) is 2.34. The summed E-state index contributed by atoms with van der Waals surface area (Å²) in [4.78, 5) is 14.1. The molecule has 1 aromatic carbocycles. The van der Waals surface area contributed by atoms with E-state index in [-0.39, 0.29) is 17.3 Å². The molecule has 0 saturated heterocycles. The van der Waals surface area contributed by atoms with Gasteiger partial charge in [-0.25, -0.2) is 9.37 Å². The molecule has 0 atom stereocenters. The van der Waals surface area contributed by atoms with E-state index in [4.69, 9.17) is 4.74 Å². The Labute approximate surface area is 116 Å². The second-order valence-electron chi connectivity index (χ2n) is 3.69. The summed E-state index contributed by atoms with van der Waals surface area (Å²) in [6.45, 7) is 1.52. The molecule has 19 heavy (non-hydrogen) atoms. The van der Waals surface area contributed by atoms with Gasteiger partial charge in [0, 0.05) is 12.1 Å². The topological polar surface area (TPSA) is 65.3 Å². The molecular weight excluding hydrogens is 319 g/mol. The highest BCUT2D eigenvalue weighted by Gasteiger charge is 2.13. The van der Waals surface area contributed by atoms with Crippen molar-refractivity contribution in [3.8, 4) is 11.6 Å². The lowest BCUT2D eigenvalue weighted by atomic mass is 10.3. The lowest BCUT2D eigenvalue weighted by molar-refractivity contribution is -0.385. The van der Waals surface area contributed by atoms with E-state index in [1.807, 2.05) is 0 Å². The predicted octanol–water partition coefficient (Wildman–Crippen LogP) is 3.99. The van der Waals surface area contributed by atoms with Gasteiger partial charge in [0.15, 0.2) is 0 Å². The fraction of sp³-hybridized carbons (Fsp3) is 0.0833. The van der Waals surface area contributed by atoms with Crippen LogP contribution in [0.4, 0.5) is 10.1 Å². The van der Waals surface area contributed by atoms with E-state index in [2.05, 4.69) is 20.9 Å². The Morgan fingerprint density at radius 2 is 2.11 bits per heavy atom. The number of halogens is 2. The molecule has 0 fully saturated rings. The van der Waals surface area contributed by atoms with Crippen LogP contribution in [-0.2, 0) is 0 Å². The van der Waals surface area contributed by atoms with Crippen molar-refractivity contribution in [2.24, 2.45) is 0 Å². The summed E-state index contributed by atoms with van der Waals surface area (Å²) in [5.41, 5.74) is 0.172. The van der Waals surface area contributed by atoms with Crippen molar-refractivity contribution in [2.45, 2.75) is 6.92 Å². The number of ether oxygens (including phenoxy) is 1. The number of hydrogen-bond acceptors (Lipinski definition) is 4. The second kappa shape index (κ2) is 5.31. The quantitative estimate of drug-likeness (QED) is 0.631. The van der Waals surface area contributed by atoms with Crippen molar-refractivity contribution < 1.29 is 14.1 Å². The average Bonchev–Trinajstić information content (AvgIpc) is 2.32. The molecule has 1 heterocycles. The molecule has 0 unspecified atom stereocenters. The van der Waals surface area contributed by atoms with Gasteiger partial charge in [0.05, 0.1) is 9.40 Å². The number of nitro groups is 1. The number of benzene rings is 1. The van der Waals surface area contributed by atoms with Crippen LogP contribution in [-0.4, -0.2) is 9.91 Å². The standard InChI is InChI=1S/C12H8BrFN2O3/c1-7-10(16(17)18)3-5-12(15-7)19-11-4-2-8(14)6-9(11)13/h2-6H,1H3. The first kappa shape index (κ1) is 13.4. The highest BCUT2D eigenvalue weighted by atomic mass is 79.9. The van der Waals surface area contributed by atoms with E-state index in [0.29, 0.717) is 10.2 Å². The molecule has 1 aromatic heterocycles. The third-order valence-corrected chi connectivity index (χ3v) is 2.96. The first-order chi connectivity index (χ1) is 8.97. The van der Waals surface area contributed by atoms with Gasteiger partial charge in [-0.15, -0.1) is 0 Å². The van der Waals surface area contributed by atoms with Gasteiger partial charge in [-0.1, -0.05) is 0 Å². The van der Waals surface area contributed by atoms with Crippen molar-refractivity contribution in [1.29, 1.82) is 0 Å². The summed E-state index contributed by atoms with van der Waals surface area (Å²) < 4.78 is 18.8. The molecule has 0 aliphatic rings. The van der Waals surface area contributed by atoms with Crippen LogP contribution in [0.25, 0.3) is 0 Å². The van der Waals surface area contributed by atoms with Gasteiger partial charge in [-0.2, -0.15) is 0 Å². The second-order valence-corrected chi connectivity index (χ2v) is 4.54. The number of nitrogens with zero attached hydrogens (tertiary/aromatic N) is 2. The fourth-order valence-corrected chi connectivity index (χ4v) is 1.88. The first-order valence-electron chi connectivity index (χ1n) is 5.22. The molecule has 5 nitrogen and oxygen atoms in total. The summed E-state index contributed by atoms with van der Waals surface area (Å²) in [5, 5.41) is 10.7. The Hall–Kier alpha value is -2.02. The molecule has 0 radical (unpaired) electrons. The zero-order valence-electron chi connectivity index (χ0n) is 9.76. The van der Waals surface area contributed by atoms with Crippen LogP contribution in [0.15, 0.2) is 34.8 Å². The number of aromatic nitrogens is 1. The fourth-order valence-electron chi connectivity index (χ4n) is 1.45. The molecule has 0 aliphatic carbocycles. The number of hydrogen-bond donors (Lipinski definition) is 0. The molecule has 0 amide bonds. The van der Waals surface area contributed by atoms with Gasteiger partial charge in [0.25, 0.3) is 5.69 Å².